The second-order valence-corrected chi connectivity index (χ2v) is 1.56. The van der Waals surface area contributed by atoms with E-state index < -0.39 is 6.41 Å². The van der Waals surface area contributed by atoms with Crippen molar-refractivity contribution in [3.8, 4) is 0 Å². The Labute approximate surface area is 52.2 Å². The summed E-state index contributed by atoms with van der Waals surface area (Å²) in [6, 6.07) is 0. The van der Waals surface area contributed by atoms with Crippen LogP contribution in [-0.2, 0) is 9.57 Å². The van der Waals surface area contributed by atoms with Gasteiger partial charge in [0.05, 0.1) is 0 Å². The molecule has 2 N–H and O–H groups in total. The maximum Gasteiger partial charge on any atom is 0.280 e. The second-order valence-electron chi connectivity index (χ2n) is 1.56. The van der Waals surface area contributed by atoms with E-state index in [0.29, 0.717) is 12.4 Å². The first-order valence-electron chi connectivity index (χ1n) is 2.48. The fourth-order valence-electron chi connectivity index (χ4n) is 0.510. The number of aliphatic hydroxyl groups is 1. The van der Waals surface area contributed by atoms with Gasteiger partial charge >= 0.3 is 0 Å². The molecule has 1 unspecified atom stereocenters. The fourth-order valence-corrected chi connectivity index (χ4v) is 0.510. The van der Waals surface area contributed by atoms with E-state index in [4.69, 9.17) is 5.11 Å². The number of hydrogen-bond donors (Lipinski definition) is 2. The lowest BCUT2D eigenvalue weighted by Crippen LogP contribution is -2.22. The van der Waals surface area contributed by atoms with Crippen LogP contribution in [0.3, 0.4) is 0 Å². The van der Waals surface area contributed by atoms with Crippen LogP contribution in [-0.4, -0.2) is 31.1 Å². The third-order valence-electron chi connectivity index (χ3n) is 0.829. The Balaban J connectivity index is 2.33. The van der Waals surface area contributed by atoms with Crippen molar-refractivity contribution < 1.29 is 14.7 Å². The Morgan fingerprint density at radius 1 is 2.00 bits per heavy atom. The van der Waals surface area contributed by atoms with Crippen molar-refractivity contribution in [3.63, 3.8) is 0 Å². The van der Waals surface area contributed by atoms with E-state index in [1.54, 1.807) is 0 Å². The van der Waals surface area contributed by atoms with Gasteiger partial charge in [-0.25, -0.2) is 15.3 Å². The first-order chi connectivity index (χ1) is 4.33. The van der Waals surface area contributed by atoms with Crippen molar-refractivity contribution in [2.75, 3.05) is 13.7 Å². The molecule has 0 fully saturated rings. The molecular weight excluding hydrogens is 124 g/mol. The highest BCUT2D eigenvalue weighted by atomic mass is 16.7. The van der Waals surface area contributed by atoms with Crippen LogP contribution in [0.1, 0.15) is 0 Å². The Hall–Kier alpha value is -0.650. The van der Waals surface area contributed by atoms with E-state index in [1.165, 1.54) is 7.11 Å². The van der Waals surface area contributed by atoms with Crippen molar-refractivity contribution in [3.05, 3.63) is 0 Å². The highest BCUT2D eigenvalue weighted by Gasteiger charge is 2.12. The summed E-state index contributed by atoms with van der Waals surface area (Å²) >= 11 is 0. The maximum atomic E-state index is 8.60. The number of hydrogen-bond acceptors (Lipinski definition) is 5. The molecule has 52 valence electrons. The zero-order chi connectivity index (χ0) is 6.69. The number of nitrogens with zero attached hydrogens (tertiary/aromatic N) is 1. The van der Waals surface area contributed by atoms with Gasteiger partial charge in [0.25, 0.3) is 6.41 Å². The van der Waals surface area contributed by atoms with E-state index in [2.05, 4.69) is 20.0 Å². The average Bonchev–Trinajstić information content (AvgIpc) is 2.17. The second kappa shape index (κ2) is 2.77. The standard InChI is InChI=1S/C4H8N2O3/c1-8-2-3-5-4(7)9-6-3/h4,7H,2H2,1H3,(H,5,6). The van der Waals surface area contributed by atoms with Gasteiger partial charge in [-0.2, -0.15) is 0 Å². The molecule has 0 amide bonds. The molecule has 0 saturated carbocycles. The van der Waals surface area contributed by atoms with Crippen LogP contribution in [0.2, 0.25) is 0 Å². The van der Waals surface area contributed by atoms with Gasteiger partial charge in [-0.15, -0.1) is 0 Å². The van der Waals surface area contributed by atoms with E-state index in [9.17, 15) is 0 Å². The number of nitrogens with one attached hydrogen (secondary N) is 1. The lowest BCUT2D eigenvalue weighted by Gasteiger charge is -1.96. The minimum atomic E-state index is -1.07. The number of rotatable bonds is 2. The smallest absolute Gasteiger partial charge is 0.280 e. The summed E-state index contributed by atoms with van der Waals surface area (Å²) in [5.74, 6) is 0.505. The maximum absolute atomic E-state index is 8.60. The molecule has 0 radical (unpaired) electrons. The van der Waals surface area contributed by atoms with Crippen molar-refractivity contribution in [1.82, 2.24) is 5.48 Å². The molecule has 5 nitrogen and oxygen atoms in total. The van der Waals surface area contributed by atoms with Gasteiger partial charge in [0.15, 0.2) is 5.84 Å². The highest BCUT2D eigenvalue weighted by molar-refractivity contribution is 5.83. The monoisotopic (exact) mass is 132 g/mol. The van der Waals surface area contributed by atoms with Crippen molar-refractivity contribution in [2.45, 2.75) is 6.41 Å². The molecule has 0 aromatic carbocycles. The molecule has 1 heterocycles. The third-order valence-corrected chi connectivity index (χ3v) is 0.829. The Morgan fingerprint density at radius 2 is 2.78 bits per heavy atom. The lowest BCUT2D eigenvalue weighted by atomic mass is 10.6. The number of ether oxygens (including phenoxy) is 1. The van der Waals surface area contributed by atoms with Crippen LogP contribution in [0, 0.1) is 0 Å². The van der Waals surface area contributed by atoms with Gasteiger partial charge in [0.2, 0.25) is 0 Å². The third kappa shape index (κ3) is 1.63. The molecule has 0 spiro atoms. The molecule has 0 aromatic rings. The van der Waals surface area contributed by atoms with Gasteiger partial charge < -0.3 is 9.84 Å². The molecular formula is C4H8N2O3. The summed E-state index contributed by atoms with van der Waals surface area (Å²) < 4.78 is 4.69. The van der Waals surface area contributed by atoms with Gasteiger partial charge in [-0.3, -0.25) is 0 Å². The van der Waals surface area contributed by atoms with Crippen LogP contribution in [0.15, 0.2) is 4.99 Å². The van der Waals surface area contributed by atoms with Crippen LogP contribution in [0.25, 0.3) is 0 Å². The normalized spacial score (nSPS) is 25.6. The number of aliphatic hydroxyl groups excluding tert-OH is 1. The SMILES string of the molecule is COCC1=NC(O)ON1. The lowest BCUT2D eigenvalue weighted by molar-refractivity contribution is -0.102. The van der Waals surface area contributed by atoms with E-state index in [0.717, 1.165) is 0 Å². The predicted molar refractivity (Wildman–Crippen MR) is 29.5 cm³/mol. The highest BCUT2D eigenvalue weighted by Crippen LogP contribution is 1.94. The zero-order valence-electron chi connectivity index (χ0n) is 5.00. The van der Waals surface area contributed by atoms with Crippen molar-refractivity contribution >= 4 is 5.84 Å². The van der Waals surface area contributed by atoms with Crippen molar-refractivity contribution in [1.29, 1.82) is 0 Å². The Kier molecular flexibility index (Phi) is 1.99. The molecule has 9 heavy (non-hydrogen) atoms. The molecule has 0 aromatic heterocycles. The summed E-state index contributed by atoms with van der Waals surface area (Å²) in [5, 5.41) is 8.60. The van der Waals surface area contributed by atoms with Crippen LogP contribution >= 0.6 is 0 Å². The quantitative estimate of drug-likeness (QED) is 0.497. The minimum Gasteiger partial charge on any atom is -0.377 e. The molecule has 1 aliphatic heterocycles. The van der Waals surface area contributed by atoms with E-state index in [1.807, 2.05) is 0 Å². The van der Waals surface area contributed by atoms with Crippen molar-refractivity contribution in [2.24, 2.45) is 4.99 Å². The van der Waals surface area contributed by atoms with Gasteiger partial charge in [-0.1, -0.05) is 0 Å². The zero-order valence-corrected chi connectivity index (χ0v) is 5.00. The van der Waals surface area contributed by atoms with Gasteiger partial charge in [0, 0.05) is 7.11 Å². The van der Waals surface area contributed by atoms with E-state index >= 15 is 0 Å². The average molecular weight is 132 g/mol. The summed E-state index contributed by atoms with van der Waals surface area (Å²) in [7, 11) is 1.54. The van der Waals surface area contributed by atoms with Crippen LogP contribution in [0.5, 0.6) is 0 Å². The largest absolute Gasteiger partial charge is 0.377 e. The summed E-state index contributed by atoms with van der Waals surface area (Å²) in [4.78, 5) is 8.03. The Bertz CT molecular complexity index is 125. The molecule has 1 rings (SSSR count). The Morgan fingerprint density at radius 3 is 3.22 bits per heavy atom. The number of hydroxylamine groups is 1. The molecule has 0 bridgehead atoms. The number of methoxy groups -OCH3 is 1. The molecule has 0 aliphatic carbocycles. The van der Waals surface area contributed by atoms with Gasteiger partial charge in [-0.05, 0) is 0 Å². The van der Waals surface area contributed by atoms with Gasteiger partial charge in [0.1, 0.15) is 6.61 Å². The number of amidine groups is 1. The van der Waals surface area contributed by atoms with Crippen LogP contribution < -0.4 is 5.48 Å². The summed E-state index contributed by atoms with van der Waals surface area (Å²) in [6.07, 6.45) is -1.07. The predicted octanol–water partition coefficient (Wildman–Crippen LogP) is -1.16. The number of aliphatic imine (C=N–C) groups is 1. The summed E-state index contributed by atoms with van der Waals surface area (Å²) in [5.41, 5.74) is 2.38. The molecule has 1 aliphatic rings. The molecule has 5 heteroatoms. The fraction of sp³-hybridized carbons (Fsp3) is 0.750. The first-order valence-corrected chi connectivity index (χ1v) is 2.48. The van der Waals surface area contributed by atoms with Crippen LogP contribution in [0.4, 0.5) is 0 Å². The molecule has 1 atom stereocenters. The molecule has 0 saturated heterocycles. The minimum absolute atomic E-state index is 0.330. The first kappa shape index (κ1) is 6.47. The topological polar surface area (TPSA) is 63.1 Å². The summed E-state index contributed by atoms with van der Waals surface area (Å²) in [6.45, 7) is 0.330. The van der Waals surface area contributed by atoms with E-state index in [-0.39, 0.29) is 0 Å².